The quantitative estimate of drug-likeness (QED) is 0.671. The molecule has 0 aromatic rings. The third kappa shape index (κ3) is 2.46. The highest BCUT2D eigenvalue weighted by Crippen LogP contribution is 2.57. The fourth-order valence-corrected chi connectivity index (χ4v) is 2.68. The summed E-state index contributed by atoms with van der Waals surface area (Å²) in [6, 6.07) is 0.0925. The van der Waals surface area contributed by atoms with Crippen molar-refractivity contribution in [3.05, 3.63) is 0 Å². The van der Waals surface area contributed by atoms with E-state index in [2.05, 4.69) is 10.6 Å². The van der Waals surface area contributed by atoms with Gasteiger partial charge in [0.15, 0.2) is 0 Å². The van der Waals surface area contributed by atoms with Crippen molar-refractivity contribution < 1.29 is 14.7 Å². The maximum atomic E-state index is 11.4. The van der Waals surface area contributed by atoms with Gasteiger partial charge in [0, 0.05) is 12.6 Å². The largest absolute Gasteiger partial charge is 0.481 e. The van der Waals surface area contributed by atoms with Gasteiger partial charge in [-0.25, -0.2) is 4.79 Å². The zero-order valence-electron chi connectivity index (χ0n) is 9.29. The van der Waals surface area contributed by atoms with E-state index < -0.39 is 5.97 Å². The lowest BCUT2D eigenvalue weighted by Gasteiger charge is -2.10. The number of carboxylic acids is 1. The highest BCUT2D eigenvalue weighted by atomic mass is 16.4. The molecule has 2 aliphatic rings. The lowest BCUT2D eigenvalue weighted by Crippen LogP contribution is -2.39. The average Bonchev–Trinajstić information content (AvgIpc) is 2.66. The molecular formula is C11H18N2O3. The summed E-state index contributed by atoms with van der Waals surface area (Å²) in [6.07, 6.45) is 6.08. The van der Waals surface area contributed by atoms with Crippen LogP contribution < -0.4 is 10.6 Å². The predicted molar refractivity (Wildman–Crippen MR) is 58.1 cm³/mol. The number of aliphatic carboxylic acids is 1. The maximum Gasteiger partial charge on any atom is 0.315 e. The normalized spacial score (nSPS) is 25.4. The number of hydrogen-bond donors (Lipinski definition) is 3. The minimum atomic E-state index is -0.890. The van der Waals surface area contributed by atoms with E-state index in [0.29, 0.717) is 11.5 Å². The van der Waals surface area contributed by atoms with Gasteiger partial charge < -0.3 is 15.7 Å². The van der Waals surface area contributed by atoms with Gasteiger partial charge in [-0.15, -0.1) is 0 Å². The van der Waals surface area contributed by atoms with E-state index in [1.807, 2.05) is 0 Å². The van der Waals surface area contributed by atoms with E-state index in [9.17, 15) is 9.59 Å². The first kappa shape index (κ1) is 11.2. The number of urea groups is 1. The number of hydrogen-bond acceptors (Lipinski definition) is 2. The molecule has 0 saturated heterocycles. The summed E-state index contributed by atoms with van der Waals surface area (Å²) in [5, 5.41) is 13.9. The van der Waals surface area contributed by atoms with Crippen LogP contribution in [-0.2, 0) is 4.79 Å². The molecule has 0 aliphatic heterocycles. The fraction of sp³-hybridized carbons (Fsp3) is 0.818. The Hall–Kier alpha value is -1.26. The molecule has 2 fully saturated rings. The number of amides is 2. The molecule has 1 atom stereocenters. The minimum absolute atomic E-state index is 0.0246. The zero-order valence-corrected chi connectivity index (χ0v) is 9.29. The average molecular weight is 226 g/mol. The molecule has 90 valence electrons. The number of rotatable bonds is 4. The molecule has 2 saturated carbocycles. The molecule has 0 radical (unpaired) electrons. The minimum Gasteiger partial charge on any atom is -0.481 e. The van der Waals surface area contributed by atoms with Gasteiger partial charge in [0.05, 0.1) is 6.42 Å². The summed E-state index contributed by atoms with van der Waals surface area (Å²) in [4.78, 5) is 21.6. The third-order valence-electron chi connectivity index (χ3n) is 3.72. The lowest BCUT2D eigenvalue weighted by atomic mass is 10.1. The van der Waals surface area contributed by atoms with Crippen molar-refractivity contribution in [2.45, 2.75) is 44.6 Å². The van der Waals surface area contributed by atoms with Gasteiger partial charge >= 0.3 is 12.0 Å². The predicted octanol–water partition coefficient (Wildman–Crippen LogP) is 1.09. The monoisotopic (exact) mass is 226 g/mol. The number of carboxylic acid groups (broad SMARTS) is 1. The number of carbonyl (C=O) groups is 2. The second kappa shape index (κ2) is 4.31. The van der Waals surface area contributed by atoms with Crippen molar-refractivity contribution in [2.24, 2.45) is 5.41 Å². The summed E-state index contributed by atoms with van der Waals surface area (Å²) in [6.45, 7) is 0.195. The SMILES string of the molecule is O=C(O)CCNC(=O)NC1CC12CCCC2. The fourth-order valence-electron chi connectivity index (χ4n) is 2.68. The van der Waals surface area contributed by atoms with Gasteiger partial charge in [-0.05, 0) is 24.7 Å². The van der Waals surface area contributed by atoms with Crippen LogP contribution in [0.15, 0.2) is 0 Å². The van der Waals surface area contributed by atoms with E-state index in [4.69, 9.17) is 5.11 Å². The Morgan fingerprint density at radius 2 is 2.00 bits per heavy atom. The molecule has 5 nitrogen and oxygen atoms in total. The molecular weight excluding hydrogens is 208 g/mol. The summed E-state index contributed by atoms with van der Waals surface area (Å²) >= 11 is 0. The van der Waals surface area contributed by atoms with E-state index >= 15 is 0 Å². The van der Waals surface area contributed by atoms with Gasteiger partial charge in [-0.2, -0.15) is 0 Å². The van der Waals surface area contributed by atoms with Crippen LogP contribution in [0.4, 0.5) is 4.79 Å². The standard InChI is InChI=1S/C11H18N2O3/c14-9(15)3-6-12-10(16)13-8-7-11(8)4-1-2-5-11/h8H,1-7H2,(H,14,15)(H2,12,13,16). The van der Waals surface area contributed by atoms with Crippen LogP contribution in [-0.4, -0.2) is 29.7 Å². The molecule has 0 heterocycles. The van der Waals surface area contributed by atoms with Crippen molar-refractivity contribution in [2.75, 3.05) is 6.54 Å². The Morgan fingerprint density at radius 3 is 2.62 bits per heavy atom. The topological polar surface area (TPSA) is 78.4 Å². The van der Waals surface area contributed by atoms with Gasteiger partial charge in [0.25, 0.3) is 0 Å². The molecule has 2 rings (SSSR count). The van der Waals surface area contributed by atoms with Gasteiger partial charge in [0.2, 0.25) is 0 Å². The van der Waals surface area contributed by atoms with Crippen LogP contribution in [0.1, 0.15) is 38.5 Å². The van der Waals surface area contributed by atoms with Crippen LogP contribution in [0, 0.1) is 5.41 Å². The van der Waals surface area contributed by atoms with E-state index in [-0.39, 0.29) is 19.0 Å². The molecule has 3 N–H and O–H groups in total. The first-order chi connectivity index (χ1) is 7.62. The van der Waals surface area contributed by atoms with E-state index in [1.54, 1.807) is 0 Å². The summed E-state index contributed by atoms with van der Waals surface area (Å²) in [5.74, 6) is -0.890. The second-order valence-electron chi connectivity index (χ2n) is 4.87. The van der Waals surface area contributed by atoms with Crippen LogP contribution in [0.5, 0.6) is 0 Å². The highest BCUT2D eigenvalue weighted by Gasteiger charge is 2.55. The molecule has 2 aliphatic carbocycles. The summed E-state index contributed by atoms with van der Waals surface area (Å²) in [5.41, 5.74) is 0.393. The number of nitrogens with one attached hydrogen (secondary N) is 2. The van der Waals surface area contributed by atoms with Crippen LogP contribution >= 0.6 is 0 Å². The Labute approximate surface area is 94.6 Å². The molecule has 5 heteroatoms. The molecule has 16 heavy (non-hydrogen) atoms. The number of carbonyl (C=O) groups excluding carboxylic acids is 1. The van der Waals surface area contributed by atoms with Crippen LogP contribution in [0.25, 0.3) is 0 Å². The van der Waals surface area contributed by atoms with E-state index in [1.165, 1.54) is 25.7 Å². The third-order valence-corrected chi connectivity index (χ3v) is 3.72. The molecule has 0 aromatic carbocycles. The molecule has 0 aromatic heterocycles. The Morgan fingerprint density at radius 1 is 1.31 bits per heavy atom. The Kier molecular flexibility index (Phi) is 3.03. The highest BCUT2D eigenvalue weighted by molar-refractivity contribution is 5.75. The molecule has 2 amide bonds. The van der Waals surface area contributed by atoms with Crippen LogP contribution in [0.3, 0.4) is 0 Å². The van der Waals surface area contributed by atoms with Crippen molar-refractivity contribution in [1.29, 1.82) is 0 Å². The van der Waals surface area contributed by atoms with Crippen molar-refractivity contribution >= 4 is 12.0 Å². The second-order valence-corrected chi connectivity index (χ2v) is 4.87. The zero-order chi connectivity index (χ0) is 11.6. The molecule has 0 bridgehead atoms. The van der Waals surface area contributed by atoms with Gasteiger partial charge in [-0.3, -0.25) is 4.79 Å². The summed E-state index contributed by atoms with van der Waals surface area (Å²) < 4.78 is 0. The van der Waals surface area contributed by atoms with Crippen molar-refractivity contribution in [3.8, 4) is 0 Å². The maximum absolute atomic E-state index is 11.4. The van der Waals surface area contributed by atoms with Gasteiger partial charge in [0.1, 0.15) is 0 Å². The first-order valence-electron chi connectivity index (χ1n) is 5.89. The van der Waals surface area contributed by atoms with Crippen LogP contribution in [0.2, 0.25) is 0 Å². The summed E-state index contributed by atoms with van der Waals surface area (Å²) in [7, 11) is 0. The first-order valence-corrected chi connectivity index (χ1v) is 5.89. The Bertz CT molecular complexity index is 298. The lowest BCUT2D eigenvalue weighted by molar-refractivity contribution is -0.136. The molecule has 1 spiro atoms. The smallest absolute Gasteiger partial charge is 0.315 e. The molecule has 1 unspecified atom stereocenters. The van der Waals surface area contributed by atoms with Gasteiger partial charge in [-0.1, -0.05) is 12.8 Å². The van der Waals surface area contributed by atoms with Crippen molar-refractivity contribution in [3.63, 3.8) is 0 Å². The van der Waals surface area contributed by atoms with Crippen molar-refractivity contribution in [1.82, 2.24) is 10.6 Å². The van der Waals surface area contributed by atoms with E-state index in [0.717, 1.165) is 6.42 Å². The Balaban J connectivity index is 1.63.